The van der Waals surface area contributed by atoms with Crippen LogP contribution in [0.2, 0.25) is 0 Å². The van der Waals surface area contributed by atoms with E-state index < -0.39 is 12.0 Å². The molecule has 1 aliphatic heterocycles. The van der Waals surface area contributed by atoms with Crippen molar-refractivity contribution >= 4 is 29.0 Å². The number of carbonyl (C=O) groups is 3. The third-order valence-electron chi connectivity index (χ3n) is 7.49. The highest BCUT2D eigenvalue weighted by atomic mass is 32.1. The van der Waals surface area contributed by atoms with Gasteiger partial charge in [-0.25, -0.2) is 4.79 Å². The summed E-state index contributed by atoms with van der Waals surface area (Å²) in [5.41, 5.74) is -0.239. The lowest BCUT2D eigenvalue weighted by atomic mass is 9.48. The second-order valence-electron chi connectivity index (χ2n) is 9.36. The second kappa shape index (κ2) is 6.97. The number of ketones is 1. The van der Waals surface area contributed by atoms with E-state index in [2.05, 4.69) is 0 Å². The highest BCUT2D eigenvalue weighted by Gasteiger charge is 2.54. The van der Waals surface area contributed by atoms with E-state index in [-0.39, 0.29) is 23.7 Å². The molecule has 28 heavy (non-hydrogen) atoms. The highest BCUT2D eigenvalue weighted by molar-refractivity contribution is 7.12. The van der Waals surface area contributed by atoms with Gasteiger partial charge in [0.05, 0.1) is 4.88 Å². The summed E-state index contributed by atoms with van der Waals surface area (Å²) in [6.45, 7) is 0.446. The van der Waals surface area contributed by atoms with Crippen molar-refractivity contribution in [3.05, 3.63) is 22.4 Å². The SMILES string of the molecule is O=C(OCC(=O)C12CC3CC(CC(C3)C1)C2)C1CCCN1C(=O)c1cccs1. The molecule has 6 heteroatoms. The van der Waals surface area contributed by atoms with Crippen LogP contribution in [-0.4, -0.2) is 41.8 Å². The Hall–Kier alpha value is -1.69. The zero-order valence-electron chi connectivity index (χ0n) is 16.1. The molecule has 0 spiro atoms. The minimum atomic E-state index is -0.557. The summed E-state index contributed by atoms with van der Waals surface area (Å²) < 4.78 is 5.50. The first kappa shape index (κ1) is 18.3. The largest absolute Gasteiger partial charge is 0.456 e. The molecule has 1 amide bonds. The molecule has 0 aromatic carbocycles. The van der Waals surface area contributed by atoms with Gasteiger partial charge in [-0.2, -0.15) is 0 Å². The maximum atomic E-state index is 13.1. The number of rotatable bonds is 5. The molecule has 6 rings (SSSR count). The second-order valence-corrected chi connectivity index (χ2v) is 10.3. The van der Waals surface area contributed by atoms with Gasteiger partial charge in [-0.1, -0.05) is 6.07 Å². The van der Waals surface area contributed by atoms with Crippen molar-refractivity contribution in [1.82, 2.24) is 4.90 Å². The number of amides is 1. The fourth-order valence-corrected chi connectivity index (χ4v) is 7.31. The summed E-state index contributed by atoms with van der Waals surface area (Å²) in [7, 11) is 0. The van der Waals surface area contributed by atoms with Gasteiger partial charge in [-0.15, -0.1) is 11.3 Å². The summed E-state index contributed by atoms with van der Waals surface area (Å²) in [6.07, 6.45) is 8.23. The zero-order valence-corrected chi connectivity index (χ0v) is 16.9. The summed E-state index contributed by atoms with van der Waals surface area (Å²) in [4.78, 5) is 40.7. The van der Waals surface area contributed by atoms with E-state index in [4.69, 9.17) is 4.74 Å². The minimum absolute atomic E-state index is 0.109. The van der Waals surface area contributed by atoms with Gasteiger partial charge in [0.2, 0.25) is 0 Å². The number of likely N-dealkylation sites (tertiary alicyclic amines) is 1. The van der Waals surface area contributed by atoms with Crippen LogP contribution >= 0.6 is 11.3 Å². The number of thiophene rings is 1. The van der Waals surface area contributed by atoms with Crippen LogP contribution < -0.4 is 0 Å². The Kier molecular flexibility index (Phi) is 4.57. The molecule has 5 nitrogen and oxygen atoms in total. The Balaban J connectivity index is 1.21. The molecule has 4 aliphatic carbocycles. The predicted molar refractivity (Wildman–Crippen MR) is 105 cm³/mol. The summed E-state index contributed by atoms with van der Waals surface area (Å²) in [5, 5.41) is 1.86. The maximum absolute atomic E-state index is 13.1. The van der Waals surface area contributed by atoms with Crippen LogP contribution in [0.15, 0.2) is 17.5 Å². The molecule has 5 aliphatic rings. The number of hydrogen-bond donors (Lipinski definition) is 0. The molecule has 1 aromatic rings. The first-order valence-corrected chi connectivity index (χ1v) is 11.5. The van der Waals surface area contributed by atoms with E-state index in [1.807, 2.05) is 11.4 Å². The zero-order chi connectivity index (χ0) is 19.3. The van der Waals surface area contributed by atoms with Crippen molar-refractivity contribution in [3.8, 4) is 0 Å². The van der Waals surface area contributed by atoms with Crippen molar-refractivity contribution < 1.29 is 19.1 Å². The monoisotopic (exact) mass is 401 g/mol. The van der Waals surface area contributed by atoms with E-state index >= 15 is 0 Å². The normalized spacial score (nSPS) is 35.9. The first-order valence-electron chi connectivity index (χ1n) is 10.6. The number of carbonyl (C=O) groups excluding carboxylic acids is 3. The summed E-state index contributed by atoms with van der Waals surface area (Å²) in [5.74, 6) is 1.68. The Labute approximate surface area is 169 Å². The van der Waals surface area contributed by atoms with Gasteiger partial charge in [-0.05, 0) is 80.6 Å². The number of nitrogens with zero attached hydrogens (tertiary/aromatic N) is 1. The van der Waals surface area contributed by atoms with Crippen LogP contribution in [0.5, 0.6) is 0 Å². The molecular weight excluding hydrogens is 374 g/mol. The number of esters is 1. The van der Waals surface area contributed by atoms with E-state index in [9.17, 15) is 14.4 Å². The van der Waals surface area contributed by atoms with Gasteiger partial charge < -0.3 is 9.64 Å². The Morgan fingerprint density at radius 3 is 2.39 bits per heavy atom. The lowest BCUT2D eigenvalue weighted by Gasteiger charge is -2.55. The molecule has 1 saturated heterocycles. The van der Waals surface area contributed by atoms with Gasteiger partial charge >= 0.3 is 5.97 Å². The number of ether oxygens (including phenoxy) is 1. The third kappa shape index (κ3) is 3.10. The van der Waals surface area contributed by atoms with E-state index in [0.717, 1.165) is 25.7 Å². The van der Waals surface area contributed by atoms with Crippen LogP contribution in [0.1, 0.15) is 61.0 Å². The topological polar surface area (TPSA) is 63.7 Å². The predicted octanol–water partition coefficient (Wildman–Crippen LogP) is 3.68. The molecule has 1 unspecified atom stereocenters. The molecule has 5 fully saturated rings. The Bertz CT molecular complexity index is 751. The average Bonchev–Trinajstić information content (AvgIpc) is 3.36. The summed E-state index contributed by atoms with van der Waals surface area (Å²) in [6, 6.07) is 3.06. The van der Waals surface area contributed by atoms with Gasteiger partial charge in [-0.3, -0.25) is 9.59 Å². The van der Waals surface area contributed by atoms with Gasteiger partial charge in [0, 0.05) is 12.0 Å². The molecule has 0 radical (unpaired) electrons. The molecule has 1 atom stereocenters. The van der Waals surface area contributed by atoms with Crippen molar-refractivity contribution in [2.45, 2.75) is 57.4 Å². The highest BCUT2D eigenvalue weighted by Crippen LogP contribution is 2.60. The summed E-state index contributed by atoms with van der Waals surface area (Å²) >= 11 is 1.38. The maximum Gasteiger partial charge on any atom is 0.329 e. The quantitative estimate of drug-likeness (QED) is 0.706. The molecule has 150 valence electrons. The Morgan fingerprint density at radius 1 is 1.11 bits per heavy atom. The molecule has 0 N–H and O–H groups in total. The number of Topliss-reactive ketones (excluding diaryl/α,β-unsaturated/α-hetero) is 1. The van der Waals surface area contributed by atoms with Gasteiger partial charge in [0.15, 0.2) is 12.4 Å². The average molecular weight is 402 g/mol. The van der Waals surface area contributed by atoms with Crippen LogP contribution in [0, 0.1) is 23.2 Å². The minimum Gasteiger partial charge on any atom is -0.456 e. The third-order valence-corrected chi connectivity index (χ3v) is 8.35. The van der Waals surface area contributed by atoms with Crippen LogP contribution in [-0.2, 0) is 14.3 Å². The Morgan fingerprint density at radius 2 is 1.79 bits per heavy atom. The van der Waals surface area contributed by atoms with E-state index in [1.165, 1.54) is 30.6 Å². The smallest absolute Gasteiger partial charge is 0.329 e. The molecule has 2 heterocycles. The van der Waals surface area contributed by atoms with Crippen molar-refractivity contribution in [2.24, 2.45) is 23.2 Å². The first-order chi connectivity index (χ1) is 13.5. The molecule has 1 aromatic heterocycles. The van der Waals surface area contributed by atoms with Crippen LogP contribution in [0.4, 0.5) is 0 Å². The van der Waals surface area contributed by atoms with Crippen LogP contribution in [0.25, 0.3) is 0 Å². The molecule has 4 saturated carbocycles. The van der Waals surface area contributed by atoms with E-state index in [1.54, 1.807) is 11.0 Å². The molecular formula is C22H27NO4S. The van der Waals surface area contributed by atoms with Gasteiger partial charge in [0.1, 0.15) is 6.04 Å². The fourth-order valence-electron chi connectivity index (χ4n) is 6.63. The van der Waals surface area contributed by atoms with Crippen molar-refractivity contribution in [1.29, 1.82) is 0 Å². The fraction of sp³-hybridized carbons (Fsp3) is 0.682. The molecule has 4 bridgehead atoms. The van der Waals surface area contributed by atoms with E-state index in [0.29, 0.717) is 35.6 Å². The van der Waals surface area contributed by atoms with Crippen molar-refractivity contribution in [3.63, 3.8) is 0 Å². The standard InChI is InChI=1S/C22H27NO4S/c24-19(22-10-14-7-15(11-22)9-16(8-14)12-22)13-27-21(26)17-3-1-5-23(17)20(25)18-4-2-6-28-18/h2,4,6,14-17H,1,3,5,7-13H2. The van der Waals surface area contributed by atoms with Gasteiger partial charge in [0.25, 0.3) is 5.91 Å². The van der Waals surface area contributed by atoms with Crippen molar-refractivity contribution in [2.75, 3.05) is 13.2 Å². The number of hydrogen-bond acceptors (Lipinski definition) is 5. The van der Waals surface area contributed by atoms with Crippen LogP contribution in [0.3, 0.4) is 0 Å². The lowest BCUT2D eigenvalue weighted by molar-refractivity contribution is -0.160. The lowest BCUT2D eigenvalue weighted by Crippen LogP contribution is -2.51.